The number of carbonyl (C=O) groups is 2. The molecule has 0 spiro atoms. The fourth-order valence-electron chi connectivity index (χ4n) is 3.74. The summed E-state index contributed by atoms with van der Waals surface area (Å²) < 4.78 is 5.14. The highest BCUT2D eigenvalue weighted by molar-refractivity contribution is 7.80. The van der Waals surface area contributed by atoms with Gasteiger partial charge in [-0.05, 0) is 43.6 Å². The number of fused-ring (bicyclic) bond motifs is 2. The Kier molecular flexibility index (Phi) is 5.14. The van der Waals surface area contributed by atoms with Gasteiger partial charge in [-0.15, -0.1) is 0 Å². The molecule has 0 saturated carbocycles. The first kappa shape index (κ1) is 16.9. The number of carbonyl (C=O) groups excluding carboxylic acids is 2. The van der Waals surface area contributed by atoms with Crippen molar-refractivity contribution in [3.63, 3.8) is 0 Å². The van der Waals surface area contributed by atoms with Gasteiger partial charge in [0.15, 0.2) is 5.11 Å². The van der Waals surface area contributed by atoms with E-state index in [9.17, 15) is 9.59 Å². The molecule has 24 heavy (non-hydrogen) atoms. The van der Waals surface area contributed by atoms with Gasteiger partial charge in [-0.3, -0.25) is 9.59 Å². The van der Waals surface area contributed by atoms with Crippen LogP contribution < -0.4 is 5.32 Å². The summed E-state index contributed by atoms with van der Waals surface area (Å²) in [6.45, 7) is 1.52. The standard InChI is InChI=1S/C18H22N2O3S/c1-12(21)23-11-15-16-9-5-8-14(10-17(15)22)20(16)18(24)19-13-6-3-2-4-7-13/h2-4,6-7,14-16H,5,8-11H2,1H3,(H,19,24)/t14-,15-,16-/m1/s1. The van der Waals surface area contributed by atoms with Crippen molar-refractivity contribution in [3.05, 3.63) is 30.3 Å². The first-order valence-corrected chi connectivity index (χ1v) is 8.77. The first-order valence-electron chi connectivity index (χ1n) is 8.36. The Morgan fingerprint density at radius 2 is 2.08 bits per heavy atom. The molecule has 0 aliphatic carbocycles. The van der Waals surface area contributed by atoms with E-state index in [-0.39, 0.29) is 36.4 Å². The van der Waals surface area contributed by atoms with E-state index in [0.29, 0.717) is 11.5 Å². The molecule has 0 unspecified atom stereocenters. The van der Waals surface area contributed by atoms with Gasteiger partial charge < -0.3 is 15.0 Å². The van der Waals surface area contributed by atoms with E-state index in [1.807, 2.05) is 30.3 Å². The number of thiocarbonyl (C=S) groups is 1. The number of hydrogen-bond acceptors (Lipinski definition) is 4. The Bertz CT molecular complexity index is 634. The van der Waals surface area contributed by atoms with E-state index in [0.717, 1.165) is 24.9 Å². The maximum absolute atomic E-state index is 12.5. The Hall–Kier alpha value is -1.95. The number of para-hydroxylation sites is 1. The summed E-state index contributed by atoms with van der Waals surface area (Å²) in [5.74, 6) is -0.456. The molecule has 2 heterocycles. The smallest absolute Gasteiger partial charge is 0.302 e. The summed E-state index contributed by atoms with van der Waals surface area (Å²) in [4.78, 5) is 25.8. The van der Waals surface area contributed by atoms with Gasteiger partial charge in [-0.2, -0.15) is 0 Å². The molecule has 0 aromatic heterocycles. The maximum atomic E-state index is 12.5. The van der Waals surface area contributed by atoms with Crippen LogP contribution in [0.3, 0.4) is 0 Å². The predicted molar refractivity (Wildman–Crippen MR) is 95.7 cm³/mol. The molecule has 3 rings (SSSR count). The molecule has 2 saturated heterocycles. The van der Waals surface area contributed by atoms with Gasteiger partial charge in [-0.25, -0.2) is 0 Å². The van der Waals surface area contributed by atoms with Crippen LogP contribution in [0.2, 0.25) is 0 Å². The van der Waals surface area contributed by atoms with Crippen LogP contribution in [0.25, 0.3) is 0 Å². The van der Waals surface area contributed by atoms with Crippen molar-refractivity contribution in [3.8, 4) is 0 Å². The lowest BCUT2D eigenvalue weighted by atomic mass is 9.77. The molecule has 1 aromatic rings. The van der Waals surface area contributed by atoms with Crippen LogP contribution in [0, 0.1) is 5.92 Å². The maximum Gasteiger partial charge on any atom is 0.302 e. The molecule has 1 N–H and O–H groups in total. The number of ether oxygens (including phenoxy) is 1. The third kappa shape index (κ3) is 3.59. The fraction of sp³-hybridized carbons (Fsp3) is 0.500. The third-order valence-corrected chi connectivity index (χ3v) is 5.14. The molecule has 1 aromatic carbocycles. The summed E-state index contributed by atoms with van der Waals surface area (Å²) in [5, 5.41) is 3.93. The minimum absolute atomic E-state index is 0.00747. The summed E-state index contributed by atoms with van der Waals surface area (Å²) in [6, 6.07) is 9.95. The normalized spacial score (nSPS) is 26.0. The van der Waals surface area contributed by atoms with Crippen LogP contribution in [0.4, 0.5) is 5.69 Å². The molecule has 2 bridgehead atoms. The van der Waals surface area contributed by atoms with Crippen LogP contribution >= 0.6 is 12.2 Å². The monoisotopic (exact) mass is 346 g/mol. The second-order valence-corrected chi connectivity index (χ2v) is 6.82. The van der Waals surface area contributed by atoms with Crippen molar-refractivity contribution in [1.29, 1.82) is 0 Å². The van der Waals surface area contributed by atoms with Gasteiger partial charge >= 0.3 is 5.97 Å². The number of benzene rings is 1. The van der Waals surface area contributed by atoms with Gasteiger partial charge in [0.25, 0.3) is 0 Å². The zero-order valence-electron chi connectivity index (χ0n) is 13.7. The zero-order valence-corrected chi connectivity index (χ0v) is 14.6. The zero-order chi connectivity index (χ0) is 17.1. The van der Waals surface area contributed by atoms with Crippen LogP contribution in [0.15, 0.2) is 30.3 Å². The van der Waals surface area contributed by atoms with Crippen LogP contribution in [-0.4, -0.2) is 40.5 Å². The third-order valence-electron chi connectivity index (χ3n) is 4.83. The highest BCUT2D eigenvalue weighted by Crippen LogP contribution is 2.36. The molecular weight excluding hydrogens is 324 g/mol. The summed E-state index contributed by atoms with van der Waals surface area (Å²) in [6.07, 6.45) is 3.41. The molecule has 128 valence electrons. The molecule has 3 atom stereocenters. The van der Waals surface area contributed by atoms with E-state index in [2.05, 4.69) is 10.2 Å². The average molecular weight is 346 g/mol. The molecule has 2 fully saturated rings. The predicted octanol–water partition coefficient (Wildman–Crippen LogP) is 2.76. The number of ketones is 1. The van der Waals surface area contributed by atoms with Crippen molar-refractivity contribution >= 4 is 34.8 Å². The van der Waals surface area contributed by atoms with E-state index in [1.54, 1.807) is 0 Å². The number of esters is 1. The van der Waals surface area contributed by atoms with Crippen LogP contribution in [0.1, 0.15) is 32.6 Å². The molecular formula is C18H22N2O3S. The first-order chi connectivity index (χ1) is 11.6. The van der Waals surface area contributed by atoms with Crippen molar-refractivity contribution in [1.82, 2.24) is 4.90 Å². The number of nitrogens with one attached hydrogen (secondary N) is 1. The molecule has 5 nitrogen and oxygen atoms in total. The van der Waals surface area contributed by atoms with Crippen molar-refractivity contribution in [2.75, 3.05) is 11.9 Å². The molecule has 2 aliphatic heterocycles. The topological polar surface area (TPSA) is 58.6 Å². The summed E-state index contributed by atoms with van der Waals surface area (Å²) in [5.41, 5.74) is 0.939. The Balaban J connectivity index is 1.76. The van der Waals surface area contributed by atoms with Gasteiger partial charge in [0.2, 0.25) is 0 Å². The molecule has 6 heteroatoms. The van der Waals surface area contributed by atoms with E-state index >= 15 is 0 Å². The quantitative estimate of drug-likeness (QED) is 0.671. The summed E-state index contributed by atoms with van der Waals surface area (Å²) in [7, 11) is 0. The van der Waals surface area contributed by atoms with E-state index in [1.165, 1.54) is 6.92 Å². The van der Waals surface area contributed by atoms with Crippen molar-refractivity contribution < 1.29 is 14.3 Å². The summed E-state index contributed by atoms with van der Waals surface area (Å²) >= 11 is 5.63. The highest BCUT2D eigenvalue weighted by atomic mass is 32.1. The van der Waals surface area contributed by atoms with Crippen LogP contribution in [0.5, 0.6) is 0 Å². The average Bonchev–Trinajstić information content (AvgIpc) is 2.54. The second-order valence-electron chi connectivity index (χ2n) is 6.44. The van der Waals surface area contributed by atoms with Gasteiger partial charge in [-0.1, -0.05) is 18.2 Å². The van der Waals surface area contributed by atoms with Crippen LogP contribution in [-0.2, 0) is 14.3 Å². The van der Waals surface area contributed by atoms with Crippen molar-refractivity contribution in [2.45, 2.75) is 44.7 Å². The van der Waals surface area contributed by atoms with E-state index < -0.39 is 0 Å². The van der Waals surface area contributed by atoms with Crippen molar-refractivity contribution in [2.24, 2.45) is 5.92 Å². The second kappa shape index (κ2) is 7.30. The highest BCUT2D eigenvalue weighted by Gasteiger charge is 2.45. The molecule has 0 radical (unpaired) electrons. The Labute approximate surface area is 147 Å². The van der Waals surface area contributed by atoms with Gasteiger partial charge in [0.05, 0.1) is 5.92 Å². The minimum atomic E-state index is -0.350. The number of anilines is 1. The van der Waals surface area contributed by atoms with Gasteiger partial charge in [0, 0.05) is 31.1 Å². The SMILES string of the molecule is CC(=O)OC[C@H]1C(=O)C[C@H]2CCC[C@H]1N2C(=S)Nc1ccccc1. The lowest BCUT2D eigenvalue weighted by Crippen LogP contribution is -2.61. The number of nitrogens with zero attached hydrogens (tertiary/aromatic N) is 1. The Morgan fingerprint density at radius 1 is 1.33 bits per heavy atom. The van der Waals surface area contributed by atoms with E-state index in [4.69, 9.17) is 17.0 Å². The van der Waals surface area contributed by atoms with Gasteiger partial charge in [0.1, 0.15) is 12.4 Å². The number of rotatable bonds is 3. The number of piperidine rings is 2. The number of hydrogen-bond donors (Lipinski definition) is 1. The Morgan fingerprint density at radius 3 is 2.79 bits per heavy atom. The lowest BCUT2D eigenvalue weighted by molar-refractivity contribution is -0.147. The molecule has 2 aliphatic rings. The largest absolute Gasteiger partial charge is 0.465 e. The fourth-order valence-corrected chi connectivity index (χ4v) is 4.14. The molecule has 0 amide bonds. The lowest BCUT2D eigenvalue weighted by Gasteiger charge is -2.50. The minimum Gasteiger partial charge on any atom is -0.465 e. The number of Topliss-reactive ketones (excluding diaryl/α,β-unsaturated/α-hetero) is 1.